The standard InChI is InChI=1S/C10H9N3.2ClH/c11-10-9(6-7-12-13-10)8-4-2-1-3-5-8;;/h1-7H,(H2,11,13);2*1H. The van der Waals surface area contributed by atoms with Gasteiger partial charge in [-0.15, -0.1) is 29.9 Å². The lowest BCUT2D eigenvalue weighted by atomic mass is 10.1. The van der Waals surface area contributed by atoms with E-state index in [4.69, 9.17) is 5.73 Å². The van der Waals surface area contributed by atoms with E-state index >= 15 is 0 Å². The summed E-state index contributed by atoms with van der Waals surface area (Å²) in [5.41, 5.74) is 7.67. The lowest BCUT2D eigenvalue weighted by Crippen LogP contribution is -1.95. The molecule has 0 fully saturated rings. The van der Waals surface area contributed by atoms with Gasteiger partial charge in [-0.25, -0.2) is 0 Å². The van der Waals surface area contributed by atoms with Gasteiger partial charge in [0.2, 0.25) is 0 Å². The van der Waals surface area contributed by atoms with E-state index in [1.807, 2.05) is 36.4 Å². The lowest BCUT2D eigenvalue weighted by Gasteiger charge is -2.01. The lowest BCUT2D eigenvalue weighted by molar-refractivity contribution is 1.04. The first-order chi connectivity index (χ1) is 6.38. The number of hydrogen-bond acceptors (Lipinski definition) is 3. The number of hydrogen-bond donors (Lipinski definition) is 1. The summed E-state index contributed by atoms with van der Waals surface area (Å²) in [7, 11) is 0. The molecule has 2 N–H and O–H groups in total. The molecular formula is C10H11Cl2N3. The van der Waals surface area contributed by atoms with Crippen LogP contribution in [0.2, 0.25) is 0 Å². The van der Waals surface area contributed by atoms with Crippen molar-refractivity contribution in [2.75, 3.05) is 5.73 Å². The van der Waals surface area contributed by atoms with Gasteiger partial charge >= 0.3 is 0 Å². The minimum Gasteiger partial charge on any atom is -0.382 e. The molecule has 0 saturated heterocycles. The third kappa shape index (κ3) is 3.08. The van der Waals surface area contributed by atoms with Gasteiger partial charge in [-0.1, -0.05) is 30.3 Å². The highest BCUT2D eigenvalue weighted by Gasteiger charge is 2.00. The summed E-state index contributed by atoms with van der Waals surface area (Å²) >= 11 is 0. The fourth-order valence-corrected chi connectivity index (χ4v) is 1.20. The predicted octanol–water partition coefficient (Wildman–Crippen LogP) is 2.57. The minimum absolute atomic E-state index is 0. The van der Waals surface area contributed by atoms with Crippen molar-refractivity contribution in [3.8, 4) is 11.1 Å². The van der Waals surface area contributed by atoms with Gasteiger partial charge in [-0.2, -0.15) is 5.10 Å². The van der Waals surface area contributed by atoms with Crippen LogP contribution < -0.4 is 5.73 Å². The highest BCUT2D eigenvalue weighted by Crippen LogP contribution is 2.21. The van der Waals surface area contributed by atoms with Gasteiger partial charge in [-0.3, -0.25) is 0 Å². The summed E-state index contributed by atoms with van der Waals surface area (Å²) in [4.78, 5) is 0. The molecule has 0 aliphatic carbocycles. The van der Waals surface area contributed by atoms with Crippen molar-refractivity contribution >= 4 is 30.6 Å². The molecule has 0 bridgehead atoms. The Morgan fingerprint density at radius 1 is 0.933 bits per heavy atom. The number of anilines is 1. The Labute approximate surface area is 101 Å². The molecule has 0 spiro atoms. The summed E-state index contributed by atoms with van der Waals surface area (Å²) in [6, 6.07) is 11.7. The first kappa shape index (κ1) is 13.7. The molecule has 15 heavy (non-hydrogen) atoms. The van der Waals surface area contributed by atoms with Gasteiger partial charge in [0, 0.05) is 5.56 Å². The smallest absolute Gasteiger partial charge is 0.153 e. The fraction of sp³-hybridized carbons (Fsp3) is 0. The predicted molar refractivity (Wildman–Crippen MR) is 66.4 cm³/mol. The van der Waals surface area contributed by atoms with E-state index in [-0.39, 0.29) is 24.8 Å². The molecule has 0 aliphatic rings. The van der Waals surface area contributed by atoms with Gasteiger partial charge in [0.25, 0.3) is 0 Å². The highest BCUT2D eigenvalue weighted by atomic mass is 35.5. The molecule has 1 aromatic carbocycles. The molecule has 5 heteroatoms. The number of nitrogens with two attached hydrogens (primary N) is 1. The molecule has 80 valence electrons. The van der Waals surface area contributed by atoms with E-state index in [9.17, 15) is 0 Å². The summed E-state index contributed by atoms with van der Waals surface area (Å²) in [5.74, 6) is 0.466. The highest BCUT2D eigenvalue weighted by molar-refractivity contribution is 5.85. The monoisotopic (exact) mass is 243 g/mol. The maximum absolute atomic E-state index is 5.68. The number of nitrogens with zero attached hydrogens (tertiary/aromatic N) is 2. The first-order valence-electron chi connectivity index (χ1n) is 4.00. The van der Waals surface area contributed by atoms with Crippen LogP contribution in [0.4, 0.5) is 5.82 Å². The molecule has 1 aromatic heterocycles. The third-order valence-electron chi connectivity index (χ3n) is 1.83. The number of halogens is 2. The van der Waals surface area contributed by atoms with Crippen LogP contribution in [-0.4, -0.2) is 10.2 Å². The van der Waals surface area contributed by atoms with Crippen LogP contribution in [-0.2, 0) is 0 Å². The van der Waals surface area contributed by atoms with E-state index in [0.29, 0.717) is 5.82 Å². The largest absolute Gasteiger partial charge is 0.382 e. The van der Waals surface area contributed by atoms with Crippen LogP contribution in [0, 0.1) is 0 Å². The summed E-state index contributed by atoms with van der Waals surface area (Å²) < 4.78 is 0. The topological polar surface area (TPSA) is 51.8 Å². The molecule has 0 unspecified atom stereocenters. The Morgan fingerprint density at radius 3 is 2.20 bits per heavy atom. The van der Waals surface area contributed by atoms with Crippen LogP contribution in [0.3, 0.4) is 0 Å². The maximum Gasteiger partial charge on any atom is 0.153 e. The van der Waals surface area contributed by atoms with E-state index in [0.717, 1.165) is 11.1 Å². The van der Waals surface area contributed by atoms with Crippen molar-refractivity contribution < 1.29 is 0 Å². The van der Waals surface area contributed by atoms with Gasteiger partial charge in [0.1, 0.15) is 0 Å². The van der Waals surface area contributed by atoms with Gasteiger partial charge in [0.05, 0.1) is 6.20 Å². The molecule has 2 rings (SSSR count). The van der Waals surface area contributed by atoms with Crippen molar-refractivity contribution in [1.82, 2.24) is 10.2 Å². The molecule has 2 aromatic rings. The average Bonchev–Trinajstić information content (AvgIpc) is 2.20. The van der Waals surface area contributed by atoms with Crippen molar-refractivity contribution in [3.63, 3.8) is 0 Å². The molecule has 0 atom stereocenters. The quantitative estimate of drug-likeness (QED) is 0.838. The van der Waals surface area contributed by atoms with Crippen LogP contribution >= 0.6 is 24.8 Å². The zero-order valence-corrected chi connectivity index (χ0v) is 9.46. The van der Waals surface area contributed by atoms with Gasteiger partial charge in [-0.05, 0) is 11.6 Å². The molecule has 0 aliphatic heterocycles. The maximum atomic E-state index is 5.68. The molecule has 0 radical (unpaired) electrons. The van der Waals surface area contributed by atoms with Gasteiger partial charge < -0.3 is 5.73 Å². The van der Waals surface area contributed by atoms with Crippen molar-refractivity contribution in [2.24, 2.45) is 0 Å². The van der Waals surface area contributed by atoms with E-state index in [2.05, 4.69) is 10.2 Å². The Bertz CT molecular complexity index is 406. The number of benzene rings is 1. The van der Waals surface area contributed by atoms with E-state index in [1.54, 1.807) is 6.20 Å². The van der Waals surface area contributed by atoms with E-state index in [1.165, 1.54) is 0 Å². The zero-order valence-electron chi connectivity index (χ0n) is 7.83. The van der Waals surface area contributed by atoms with E-state index < -0.39 is 0 Å². The molecule has 0 saturated carbocycles. The Balaban J connectivity index is 0.000000980. The first-order valence-corrected chi connectivity index (χ1v) is 4.00. The Morgan fingerprint density at radius 2 is 1.60 bits per heavy atom. The number of aromatic nitrogens is 2. The van der Waals surface area contributed by atoms with Crippen LogP contribution in [0.25, 0.3) is 11.1 Å². The van der Waals surface area contributed by atoms with Crippen LogP contribution in [0.1, 0.15) is 0 Å². The SMILES string of the molecule is Cl.Cl.Nc1nnccc1-c1ccccc1. The zero-order chi connectivity index (χ0) is 9.10. The second-order valence-corrected chi connectivity index (χ2v) is 2.70. The molecular weight excluding hydrogens is 233 g/mol. The second kappa shape index (κ2) is 6.22. The minimum atomic E-state index is 0. The van der Waals surface area contributed by atoms with Crippen LogP contribution in [0.5, 0.6) is 0 Å². The summed E-state index contributed by atoms with van der Waals surface area (Å²) in [5, 5.41) is 7.48. The Kier molecular flexibility index (Phi) is 5.67. The van der Waals surface area contributed by atoms with Gasteiger partial charge in [0.15, 0.2) is 5.82 Å². The molecule has 3 nitrogen and oxygen atoms in total. The number of nitrogen functional groups attached to an aromatic ring is 1. The molecule has 1 heterocycles. The normalized spacial score (nSPS) is 8.53. The third-order valence-corrected chi connectivity index (χ3v) is 1.83. The van der Waals surface area contributed by atoms with Crippen LogP contribution in [0.15, 0.2) is 42.6 Å². The second-order valence-electron chi connectivity index (χ2n) is 2.70. The van der Waals surface area contributed by atoms with Crippen molar-refractivity contribution in [2.45, 2.75) is 0 Å². The fourth-order valence-electron chi connectivity index (χ4n) is 1.20. The number of rotatable bonds is 1. The summed E-state index contributed by atoms with van der Waals surface area (Å²) in [6.45, 7) is 0. The Hall–Kier alpha value is -1.32. The average molecular weight is 244 g/mol. The van der Waals surface area contributed by atoms with Crippen molar-refractivity contribution in [1.29, 1.82) is 0 Å². The molecule has 0 amide bonds. The van der Waals surface area contributed by atoms with Crippen molar-refractivity contribution in [3.05, 3.63) is 42.6 Å². The summed E-state index contributed by atoms with van der Waals surface area (Å²) in [6.07, 6.45) is 1.64.